The Bertz CT molecular complexity index is 598. The van der Waals surface area contributed by atoms with Gasteiger partial charge in [-0.2, -0.15) is 0 Å². The average molecular weight is 302 g/mol. The summed E-state index contributed by atoms with van der Waals surface area (Å²) in [6, 6.07) is 5.41. The van der Waals surface area contributed by atoms with Crippen LogP contribution in [0.25, 0.3) is 0 Å². The second-order valence-corrected chi connectivity index (χ2v) is 6.93. The summed E-state index contributed by atoms with van der Waals surface area (Å²) < 4.78 is 25.4. The van der Waals surface area contributed by atoms with Crippen LogP contribution in [0.15, 0.2) is 18.2 Å². The van der Waals surface area contributed by atoms with E-state index in [1.165, 1.54) is 0 Å². The van der Waals surface area contributed by atoms with E-state index in [0.29, 0.717) is 24.3 Å². The van der Waals surface area contributed by atoms with Gasteiger partial charge in [0.1, 0.15) is 0 Å². The van der Waals surface area contributed by atoms with Crippen molar-refractivity contribution in [1.29, 1.82) is 0 Å². The summed E-state index contributed by atoms with van der Waals surface area (Å²) in [6.07, 6.45) is 1.79. The third kappa shape index (κ3) is 3.09. The summed E-state index contributed by atoms with van der Waals surface area (Å²) >= 11 is 6.07. The Balaban J connectivity index is 2.18. The van der Waals surface area contributed by atoms with E-state index in [1.807, 2.05) is 6.07 Å². The van der Waals surface area contributed by atoms with Gasteiger partial charge in [-0.1, -0.05) is 30.7 Å². The minimum absolute atomic E-state index is 0.0339. The van der Waals surface area contributed by atoms with Gasteiger partial charge in [-0.3, -0.25) is 9.52 Å². The zero-order valence-corrected chi connectivity index (χ0v) is 12.2. The summed E-state index contributed by atoms with van der Waals surface area (Å²) in [5.74, 6) is -0.900. The second kappa shape index (κ2) is 5.51. The van der Waals surface area contributed by atoms with E-state index < -0.39 is 21.8 Å². The number of carbonyl (C=O) groups excluding carboxylic acids is 1. The average Bonchev–Trinajstić information content (AvgIpc) is 2.73. The molecule has 0 aromatic heterocycles. The van der Waals surface area contributed by atoms with Crippen LogP contribution in [0.3, 0.4) is 0 Å². The third-order valence-electron chi connectivity index (χ3n) is 3.26. The van der Waals surface area contributed by atoms with E-state index in [1.54, 1.807) is 19.1 Å². The first-order valence-corrected chi connectivity index (χ1v) is 8.29. The molecule has 1 aliphatic carbocycles. The number of benzene rings is 1. The Kier molecular flexibility index (Phi) is 4.16. The molecular formula is C13H16ClNO3S. The fourth-order valence-corrected chi connectivity index (χ4v) is 3.79. The molecule has 0 spiro atoms. The molecule has 0 aliphatic heterocycles. The van der Waals surface area contributed by atoms with Gasteiger partial charge < -0.3 is 0 Å². The fourth-order valence-electron chi connectivity index (χ4n) is 2.43. The Hall–Kier alpha value is -1.07. The molecule has 6 heteroatoms. The molecule has 0 bridgehead atoms. The Labute approximate surface area is 118 Å². The predicted molar refractivity (Wildman–Crippen MR) is 74.7 cm³/mol. The van der Waals surface area contributed by atoms with Crippen molar-refractivity contribution in [3.63, 3.8) is 0 Å². The van der Waals surface area contributed by atoms with E-state index in [2.05, 4.69) is 4.72 Å². The fraction of sp³-hybridized carbons (Fsp3) is 0.462. The molecule has 0 heterocycles. The predicted octanol–water partition coefficient (Wildman–Crippen LogP) is 2.23. The maximum absolute atomic E-state index is 12.1. The summed E-state index contributed by atoms with van der Waals surface area (Å²) in [5.41, 5.74) is 1.80. The SMILES string of the molecule is CCCS(=O)(=O)NC(=O)C1CCc2c(Cl)cccc21. The molecule has 4 nitrogen and oxygen atoms in total. The summed E-state index contributed by atoms with van der Waals surface area (Å²) in [7, 11) is -3.51. The number of carbonyl (C=O) groups is 1. The van der Waals surface area contributed by atoms with Crippen molar-refractivity contribution in [2.75, 3.05) is 5.75 Å². The topological polar surface area (TPSA) is 63.2 Å². The van der Waals surface area contributed by atoms with Crippen molar-refractivity contribution in [2.24, 2.45) is 0 Å². The molecule has 1 atom stereocenters. The van der Waals surface area contributed by atoms with Crippen molar-refractivity contribution < 1.29 is 13.2 Å². The quantitative estimate of drug-likeness (QED) is 0.927. The first-order chi connectivity index (χ1) is 8.94. The van der Waals surface area contributed by atoms with Gasteiger partial charge in [-0.05, 0) is 36.5 Å². The zero-order valence-electron chi connectivity index (χ0n) is 10.6. The molecule has 0 saturated heterocycles. The van der Waals surface area contributed by atoms with Gasteiger partial charge in [-0.25, -0.2) is 8.42 Å². The molecule has 0 saturated carbocycles. The van der Waals surface area contributed by atoms with E-state index in [4.69, 9.17) is 11.6 Å². The van der Waals surface area contributed by atoms with Crippen LogP contribution in [0.4, 0.5) is 0 Å². The highest BCUT2D eigenvalue weighted by atomic mass is 35.5. The van der Waals surface area contributed by atoms with Crippen LogP contribution in [0.5, 0.6) is 0 Å². The number of sulfonamides is 1. The Morgan fingerprint density at radius 2 is 2.21 bits per heavy atom. The lowest BCUT2D eigenvalue weighted by molar-refractivity contribution is -0.120. The van der Waals surface area contributed by atoms with Gasteiger partial charge in [0.15, 0.2) is 0 Å². The van der Waals surface area contributed by atoms with Gasteiger partial charge in [0.2, 0.25) is 15.9 Å². The number of halogens is 1. The second-order valence-electron chi connectivity index (χ2n) is 4.68. The maximum atomic E-state index is 12.1. The highest BCUT2D eigenvalue weighted by molar-refractivity contribution is 7.90. The minimum atomic E-state index is -3.51. The number of rotatable bonds is 4. The van der Waals surface area contributed by atoms with Crippen LogP contribution in [0.1, 0.15) is 36.8 Å². The Morgan fingerprint density at radius 3 is 2.89 bits per heavy atom. The van der Waals surface area contributed by atoms with Gasteiger partial charge in [-0.15, -0.1) is 0 Å². The van der Waals surface area contributed by atoms with Crippen molar-refractivity contribution in [1.82, 2.24) is 4.72 Å². The minimum Gasteiger partial charge on any atom is -0.273 e. The molecule has 1 aromatic rings. The molecular weight excluding hydrogens is 286 g/mol. The van der Waals surface area contributed by atoms with Gasteiger partial charge >= 0.3 is 0 Å². The lowest BCUT2D eigenvalue weighted by Crippen LogP contribution is -2.35. The van der Waals surface area contributed by atoms with Gasteiger partial charge in [0.25, 0.3) is 0 Å². The van der Waals surface area contributed by atoms with E-state index in [0.717, 1.165) is 11.1 Å². The van der Waals surface area contributed by atoms with Gasteiger partial charge in [0, 0.05) is 5.02 Å². The van der Waals surface area contributed by atoms with Crippen LogP contribution >= 0.6 is 11.6 Å². The van der Waals surface area contributed by atoms with Crippen LogP contribution in [0.2, 0.25) is 5.02 Å². The van der Waals surface area contributed by atoms with Crippen molar-refractivity contribution in [3.8, 4) is 0 Å². The molecule has 0 radical (unpaired) electrons. The molecule has 1 N–H and O–H groups in total. The molecule has 1 amide bonds. The van der Waals surface area contributed by atoms with E-state index in [-0.39, 0.29) is 5.75 Å². The smallest absolute Gasteiger partial charge is 0.240 e. The molecule has 2 rings (SSSR count). The standard InChI is InChI=1S/C13H16ClNO3S/c1-2-8-19(17,18)15-13(16)11-7-6-10-9(11)4-3-5-12(10)14/h3-5,11H,2,6-8H2,1H3,(H,15,16). The van der Waals surface area contributed by atoms with E-state index in [9.17, 15) is 13.2 Å². The maximum Gasteiger partial charge on any atom is 0.240 e. The lowest BCUT2D eigenvalue weighted by Gasteiger charge is -2.12. The van der Waals surface area contributed by atoms with Crippen LogP contribution < -0.4 is 4.72 Å². The molecule has 0 fully saturated rings. The van der Waals surface area contributed by atoms with Crippen LogP contribution in [0, 0.1) is 0 Å². The third-order valence-corrected chi connectivity index (χ3v) is 5.07. The van der Waals surface area contributed by atoms with Crippen molar-refractivity contribution in [3.05, 3.63) is 34.3 Å². The molecule has 19 heavy (non-hydrogen) atoms. The van der Waals surface area contributed by atoms with Crippen LogP contribution in [-0.2, 0) is 21.2 Å². The summed E-state index contributed by atoms with van der Waals surface area (Å²) in [6.45, 7) is 1.76. The normalized spacial score (nSPS) is 18.1. The highest BCUT2D eigenvalue weighted by Crippen LogP contribution is 2.37. The first kappa shape index (κ1) is 14.3. The summed E-state index contributed by atoms with van der Waals surface area (Å²) in [4.78, 5) is 12.1. The monoisotopic (exact) mass is 301 g/mol. The van der Waals surface area contributed by atoms with E-state index >= 15 is 0 Å². The van der Waals surface area contributed by atoms with Crippen molar-refractivity contribution in [2.45, 2.75) is 32.1 Å². The largest absolute Gasteiger partial charge is 0.273 e. The molecule has 1 unspecified atom stereocenters. The number of nitrogens with one attached hydrogen (secondary N) is 1. The number of fused-ring (bicyclic) bond motifs is 1. The number of hydrogen-bond donors (Lipinski definition) is 1. The number of hydrogen-bond acceptors (Lipinski definition) is 3. The molecule has 1 aliphatic rings. The first-order valence-electron chi connectivity index (χ1n) is 6.26. The van der Waals surface area contributed by atoms with Crippen molar-refractivity contribution >= 4 is 27.5 Å². The summed E-state index contributed by atoms with van der Waals surface area (Å²) in [5, 5.41) is 0.643. The lowest BCUT2D eigenvalue weighted by atomic mass is 10.0. The van der Waals surface area contributed by atoms with Gasteiger partial charge in [0.05, 0.1) is 11.7 Å². The zero-order chi connectivity index (χ0) is 14.0. The highest BCUT2D eigenvalue weighted by Gasteiger charge is 2.31. The van der Waals surface area contributed by atoms with Crippen LogP contribution in [-0.4, -0.2) is 20.1 Å². The number of amides is 1. The Morgan fingerprint density at radius 1 is 1.47 bits per heavy atom. The molecule has 1 aromatic carbocycles. The molecule has 104 valence electrons.